The zero-order chi connectivity index (χ0) is 28.2. The van der Waals surface area contributed by atoms with E-state index in [0.29, 0.717) is 30.4 Å². The predicted octanol–water partition coefficient (Wildman–Crippen LogP) is 5.51. The van der Waals surface area contributed by atoms with Crippen LogP contribution in [-0.4, -0.2) is 40.7 Å². The highest BCUT2D eigenvalue weighted by Gasteiger charge is 2.39. The van der Waals surface area contributed by atoms with Crippen molar-refractivity contribution in [2.24, 2.45) is 5.92 Å². The fourth-order valence-corrected chi connectivity index (χ4v) is 4.71. The Labute approximate surface area is 233 Å². The number of ether oxygens (including phenoxy) is 1. The van der Waals surface area contributed by atoms with Gasteiger partial charge in [0.1, 0.15) is 11.7 Å². The van der Waals surface area contributed by atoms with Crippen LogP contribution in [0, 0.1) is 12.8 Å². The topological polar surface area (TPSA) is 93.5 Å². The highest BCUT2D eigenvalue weighted by Crippen LogP contribution is 2.28. The lowest BCUT2D eigenvalue weighted by Gasteiger charge is -2.16. The van der Waals surface area contributed by atoms with Crippen LogP contribution in [0.5, 0.6) is 0 Å². The van der Waals surface area contributed by atoms with Gasteiger partial charge in [-0.1, -0.05) is 74.0 Å². The molecule has 0 spiro atoms. The molecule has 5 rings (SSSR count). The Morgan fingerprint density at radius 3 is 2.35 bits per heavy atom. The standard InChI is InChI=1S/C32H32N4O4/c1-21(2)23-11-13-24(14-12-23)28-19-29(36(34-28)26-7-5-4-6-8-26)33-30(37)20-40-32(39)27-17-18-35(31(27)38)25-15-9-22(3)10-16-25/h4-16,19,21,27H,17-18,20H2,1-3H3,(H,33,37). The third-order valence-electron chi connectivity index (χ3n) is 7.03. The Morgan fingerprint density at radius 2 is 1.68 bits per heavy atom. The van der Waals surface area contributed by atoms with Gasteiger partial charge in [0, 0.05) is 23.9 Å². The number of rotatable bonds is 8. The summed E-state index contributed by atoms with van der Waals surface area (Å²) in [6, 6.07) is 27.0. The number of nitrogens with one attached hydrogen (secondary N) is 1. The number of aryl methyl sites for hydroxylation is 1. The van der Waals surface area contributed by atoms with Crippen LogP contribution in [-0.2, 0) is 19.1 Å². The molecule has 1 unspecified atom stereocenters. The summed E-state index contributed by atoms with van der Waals surface area (Å²) in [4.78, 5) is 40.0. The van der Waals surface area contributed by atoms with E-state index in [1.807, 2.05) is 73.7 Å². The number of anilines is 2. The van der Waals surface area contributed by atoms with Crippen LogP contribution >= 0.6 is 0 Å². The summed E-state index contributed by atoms with van der Waals surface area (Å²) in [5.41, 5.74) is 5.43. The highest BCUT2D eigenvalue weighted by molar-refractivity contribution is 6.08. The van der Waals surface area contributed by atoms with E-state index in [0.717, 1.165) is 22.5 Å². The van der Waals surface area contributed by atoms with Crippen LogP contribution in [0.2, 0.25) is 0 Å². The number of benzene rings is 3. The summed E-state index contributed by atoms with van der Waals surface area (Å²) in [6.45, 7) is 6.17. The zero-order valence-electron chi connectivity index (χ0n) is 22.8. The molecule has 2 heterocycles. The van der Waals surface area contributed by atoms with Gasteiger partial charge in [0.15, 0.2) is 6.61 Å². The van der Waals surface area contributed by atoms with E-state index < -0.39 is 24.4 Å². The van der Waals surface area contributed by atoms with E-state index in [2.05, 4.69) is 31.3 Å². The molecule has 1 N–H and O–H groups in total. The monoisotopic (exact) mass is 536 g/mol. The number of esters is 1. The molecule has 1 aromatic heterocycles. The van der Waals surface area contributed by atoms with Gasteiger partial charge in [-0.2, -0.15) is 5.10 Å². The van der Waals surface area contributed by atoms with E-state index in [4.69, 9.17) is 9.84 Å². The summed E-state index contributed by atoms with van der Waals surface area (Å²) in [7, 11) is 0. The van der Waals surface area contributed by atoms with Gasteiger partial charge in [0.2, 0.25) is 5.91 Å². The minimum Gasteiger partial charge on any atom is -0.455 e. The molecule has 8 heteroatoms. The third kappa shape index (κ3) is 5.81. The van der Waals surface area contributed by atoms with Gasteiger partial charge in [-0.25, -0.2) is 4.68 Å². The molecule has 40 heavy (non-hydrogen) atoms. The van der Waals surface area contributed by atoms with Crippen molar-refractivity contribution < 1.29 is 19.1 Å². The van der Waals surface area contributed by atoms with Crippen molar-refractivity contribution in [1.82, 2.24) is 9.78 Å². The molecule has 1 saturated heterocycles. The summed E-state index contributed by atoms with van der Waals surface area (Å²) in [5, 5.41) is 7.55. The molecule has 8 nitrogen and oxygen atoms in total. The van der Waals surface area contributed by atoms with Crippen LogP contribution in [0.25, 0.3) is 16.9 Å². The molecule has 0 aliphatic carbocycles. The van der Waals surface area contributed by atoms with Crippen molar-refractivity contribution in [3.8, 4) is 16.9 Å². The van der Waals surface area contributed by atoms with Crippen molar-refractivity contribution in [2.75, 3.05) is 23.4 Å². The van der Waals surface area contributed by atoms with E-state index in [-0.39, 0.29) is 5.91 Å². The molecule has 204 valence electrons. The molecule has 1 aliphatic rings. The Balaban J connectivity index is 1.26. The van der Waals surface area contributed by atoms with Gasteiger partial charge < -0.3 is 15.0 Å². The van der Waals surface area contributed by atoms with Gasteiger partial charge in [0.05, 0.1) is 11.4 Å². The van der Waals surface area contributed by atoms with Gasteiger partial charge in [-0.3, -0.25) is 14.4 Å². The molecule has 1 fully saturated rings. The normalized spacial score (nSPS) is 14.9. The predicted molar refractivity (Wildman–Crippen MR) is 154 cm³/mol. The van der Waals surface area contributed by atoms with E-state index in [9.17, 15) is 14.4 Å². The molecule has 1 atom stereocenters. The SMILES string of the molecule is Cc1ccc(N2CCC(C(=O)OCC(=O)Nc3cc(-c4ccc(C(C)C)cc4)nn3-c3ccccc3)C2=O)cc1. The van der Waals surface area contributed by atoms with Crippen LogP contribution in [0.15, 0.2) is 84.9 Å². The second-order valence-corrected chi connectivity index (χ2v) is 10.3. The Hall–Kier alpha value is -4.72. The smallest absolute Gasteiger partial charge is 0.319 e. The molecule has 3 aromatic carbocycles. The number of aromatic nitrogens is 2. The number of hydrogen-bond acceptors (Lipinski definition) is 5. The Kier molecular flexibility index (Phi) is 7.77. The first-order valence-electron chi connectivity index (χ1n) is 13.4. The second kappa shape index (κ2) is 11.6. The van der Waals surface area contributed by atoms with Crippen molar-refractivity contribution in [3.63, 3.8) is 0 Å². The summed E-state index contributed by atoms with van der Waals surface area (Å²) in [5.74, 6) is -1.60. The van der Waals surface area contributed by atoms with Crippen molar-refractivity contribution in [2.45, 2.75) is 33.1 Å². The first-order chi connectivity index (χ1) is 19.3. The van der Waals surface area contributed by atoms with Crippen molar-refractivity contribution in [1.29, 1.82) is 0 Å². The fourth-order valence-electron chi connectivity index (χ4n) is 4.71. The number of amides is 2. The first-order valence-corrected chi connectivity index (χ1v) is 13.4. The van der Waals surface area contributed by atoms with E-state index >= 15 is 0 Å². The van der Waals surface area contributed by atoms with Gasteiger partial charge in [0.25, 0.3) is 5.91 Å². The lowest BCUT2D eigenvalue weighted by Crippen LogP contribution is -2.32. The van der Waals surface area contributed by atoms with Crippen molar-refractivity contribution >= 4 is 29.3 Å². The van der Waals surface area contributed by atoms with Gasteiger partial charge in [-0.05, 0) is 49.1 Å². The molecule has 1 aliphatic heterocycles. The largest absolute Gasteiger partial charge is 0.455 e. The maximum atomic E-state index is 12.9. The molecular formula is C32H32N4O4. The molecular weight excluding hydrogens is 504 g/mol. The average Bonchev–Trinajstić information content (AvgIpc) is 3.56. The van der Waals surface area contributed by atoms with Crippen LogP contribution < -0.4 is 10.2 Å². The number of para-hydroxylation sites is 1. The number of carbonyl (C=O) groups is 3. The number of hydrogen-bond donors (Lipinski definition) is 1. The van der Waals surface area contributed by atoms with Crippen LogP contribution in [0.4, 0.5) is 11.5 Å². The van der Waals surface area contributed by atoms with Crippen LogP contribution in [0.3, 0.4) is 0 Å². The fraction of sp³-hybridized carbons (Fsp3) is 0.250. The molecule has 2 amide bonds. The molecule has 0 bridgehead atoms. The minimum atomic E-state index is -0.927. The summed E-state index contributed by atoms with van der Waals surface area (Å²) >= 11 is 0. The average molecular weight is 537 g/mol. The number of nitrogens with zero attached hydrogens (tertiary/aromatic N) is 3. The van der Waals surface area contributed by atoms with Gasteiger partial charge in [-0.15, -0.1) is 0 Å². The second-order valence-electron chi connectivity index (χ2n) is 10.3. The lowest BCUT2D eigenvalue weighted by molar-refractivity contribution is -0.153. The molecule has 4 aromatic rings. The maximum Gasteiger partial charge on any atom is 0.319 e. The molecule has 0 saturated carbocycles. The zero-order valence-corrected chi connectivity index (χ0v) is 22.8. The van der Waals surface area contributed by atoms with E-state index in [1.54, 1.807) is 15.6 Å². The summed E-state index contributed by atoms with van der Waals surface area (Å²) < 4.78 is 6.92. The minimum absolute atomic E-state index is 0.315. The van der Waals surface area contributed by atoms with Gasteiger partial charge >= 0.3 is 5.97 Å². The lowest BCUT2D eigenvalue weighted by atomic mass is 10.0. The molecule has 0 radical (unpaired) electrons. The van der Waals surface area contributed by atoms with Crippen LogP contribution in [0.1, 0.15) is 37.3 Å². The third-order valence-corrected chi connectivity index (χ3v) is 7.03. The number of carbonyl (C=O) groups excluding carboxylic acids is 3. The van der Waals surface area contributed by atoms with Crippen molar-refractivity contribution in [3.05, 3.63) is 96.1 Å². The first kappa shape index (κ1) is 26.9. The summed E-state index contributed by atoms with van der Waals surface area (Å²) in [6.07, 6.45) is 0.340. The quantitative estimate of drug-likeness (QED) is 0.237. The maximum absolute atomic E-state index is 12.9. The highest BCUT2D eigenvalue weighted by atomic mass is 16.5. The Morgan fingerprint density at radius 1 is 0.975 bits per heavy atom. The van der Waals surface area contributed by atoms with E-state index in [1.165, 1.54) is 5.56 Å². The Bertz CT molecular complexity index is 1510.